The van der Waals surface area contributed by atoms with Crippen LogP contribution in [0.4, 0.5) is 17.3 Å². The molecule has 0 unspecified atom stereocenters. The fourth-order valence-electron chi connectivity index (χ4n) is 2.95. The minimum atomic E-state index is -0.239. The van der Waals surface area contributed by atoms with Gasteiger partial charge in [0, 0.05) is 17.1 Å². The molecule has 0 aliphatic carbocycles. The van der Waals surface area contributed by atoms with Crippen molar-refractivity contribution in [1.82, 2.24) is 9.97 Å². The van der Waals surface area contributed by atoms with Crippen molar-refractivity contribution in [3.05, 3.63) is 76.6 Å². The van der Waals surface area contributed by atoms with E-state index in [-0.39, 0.29) is 5.91 Å². The van der Waals surface area contributed by atoms with Gasteiger partial charge in [0.1, 0.15) is 5.69 Å². The number of benzene rings is 2. The fraction of sp³-hybridized carbons (Fsp3) is 0.227. The van der Waals surface area contributed by atoms with Gasteiger partial charge in [-0.3, -0.25) is 4.79 Å². The molecule has 0 aliphatic rings. The van der Waals surface area contributed by atoms with Crippen LogP contribution >= 0.6 is 0 Å². The molecule has 2 N–H and O–H groups in total. The molecule has 3 aromatic rings. The third kappa shape index (κ3) is 4.31. The van der Waals surface area contributed by atoms with Crippen molar-refractivity contribution in [1.29, 1.82) is 0 Å². The van der Waals surface area contributed by atoms with E-state index < -0.39 is 0 Å². The maximum Gasteiger partial charge on any atom is 0.274 e. The van der Waals surface area contributed by atoms with E-state index in [2.05, 4.69) is 27.5 Å². The Balaban J connectivity index is 1.88. The van der Waals surface area contributed by atoms with Gasteiger partial charge in [-0.05, 0) is 56.0 Å². The number of nitrogens with one attached hydrogen (secondary N) is 2. The third-order valence-electron chi connectivity index (χ3n) is 4.46. The summed E-state index contributed by atoms with van der Waals surface area (Å²) in [5, 5.41) is 6.22. The number of nitrogens with zero attached hydrogens (tertiary/aromatic N) is 2. The van der Waals surface area contributed by atoms with E-state index in [4.69, 9.17) is 0 Å². The van der Waals surface area contributed by atoms with E-state index in [1.54, 1.807) is 6.07 Å². The average molecular weight is 360 g/mol. The van der Waals surface area contributed by atoms with Crippen molar-refractivity contribution in [2.75, 3.05) is 10.6 Å². The van der Waals surface area contributed by atoms with Crippen molar-refractivity contribution in [3.63, 3.8) is 0 Å². The topological polar surface area (TPSA) is 66.9 Å². The summed E-state index contributed by atoms with van der Waals surface area (Å²) in [7, 11) is 0. The zero-order chi connectivity index (χ0) is 19.4. The second kappa shape index (κ2) is 7.99. The first-order chi connectivity index (χ1) is 13.0. The molecule has 27 heavy (non-hydrogen) atoms. The fourth-order valence-corrected chi connectivity index (χ4v) is 2.95. The highest BCUT2D eigenvalue weighted by Gasteiger charge is 2.14. The number of aromatic nitrogens is 2. The maximum absolute atomic E-state index is 12.8. The van der Waals surface area contributed by atoms with E-state index in [1.165, 1.54) is 0 Å². The minimum Gasteiger partial charge on any atom is -0.324 e. The van der Waals surface area contributed by atoms with Gasteiger partial charge in [0.25, 0.3) is 5.91 Å². The van der Waals surface area contributed by atoms with Gasteiger partial charge in [0.15, 0.2) is 0 Å². The first-order valence-electron chi connectivity index (χ1n) is 9.06. The van der Waals surface area contributed by atoms with Gasteiger partial charge in [-0.15, -0.1) is 0 Å². The van der Waals surface area contributed by atoms with E-state index in [0.717, 1.165) is 40.2 Å². The number of hydrogen-bond donors (Lipinski definition) is 2. The molecule has 1 amide bonds. The zero-order valence-corrected chi connectivity index (χ0v) is 16.1. The molecule has 138 valence electrons. The zero-order valence-electron chi connectivity index (χ0n) is 16.1. The Morgan fingerprint density at radius 2 is 1.70 bits per heavy atom. The van der Waals surface area contributed by atoms with Gasteiger partial charge in [0.2, 0.25) is 5.95 Å². The molecule has 5 nitrogen and oxygen atoms in total. The Morgan fingerprint density at radius 3 is 2.44 bits per heavy atom. The molecule has 1 heterocycles. The largest absolute Gasteiger partial charge is 0.324 e. The molecule has 5 heteroatoms. The van der Waals surface area contributed by atoms with Crippen molar-refractivity contribution in [2.24, 2.45) is 0 Å². The highest BCUT2D eigenvalue weighted by atomic mass is 16.1. The molecule has 0 aliphatic heterocycles. The number of anilines is 3. The van der Waals surface area contributed by atoms with Gasteiger partial charge in [-0.1, -0.05) is 43.3 Å². The standard InChI is InChI=1S/C22H24N4O/c1-5-17-11-8-10-15(3)20(17)26-21(27)19-13-16(4)23-22(25-19)24-18-12-7-6-9-14(18)2/h6-13H,5H2,1-4H3,(H,26,27)(H,23,24,25). The lowest BCUT2D eigenvalue weighted by Gasteiger charge is -2.14. The van der Waals surface area contributed by atoms with Crippen molar-refractivity contribution < 1.29 is 4.79 Å². The van der Waals surface area contributed by atoms with Crippen LogP contribution in [-0.4, -0.2) is 15.9 Å². The van der Waals surface area contributed by atoms with E-state index in [9.17, 15) is 4.79 Å². The molecule has 0 bridgehead atoms. The second-order valence-corrected chi connectivity index (χ2v) is 6.57. The predicted octanol–water partition coefficient (Wildman–Crippen LogP) is 4.96. The molecular weight excluding hydrogens is 336 g/mol. The second-order valence-electron chi connectivity index (χ2n) is 6.57. The van der Waals surface area contributed by atoms with Crippen LogP contribution in [0.2, 0.25) is 0 Å². The first-order valence-corrected chi connectivity index (χ1v) is 9.06. The summed E-state index contributed by atoms with van der Waals surface area (Å²) in [4.78, 5) is 21.7. The molecule has 0 saturated heterocycles. The maximum atomic E-state index is 12.8. The van der Waals surface area contributed by atoms with Gasteiger partial charge in [-0.25, -0.2) is 9.97 Å². The molecule has 0 fully saturated rings. The van der Waals surface area contributed by atoms with Gasteiger partial charge in [-0.2, -0.15) is 0 Å². The normalized spacial score (nSPS) is 10.5. The minimum absolute atomic E-state index is 0.239. The van der Waals surface area contributed by atoms with Crippen LogP contribution in [0.15, 0.2) is 48.5 Å². The quantitative estimate of drug-likeness (QED) is 0.675. The Morgan fingerprint density at radius 1 is 0.963 bits per heavy atom. The smallest absolute Gasteiger partial charge is 0.274 e. The van der Waals surface area contributed by atoms with Crippen LogP contribution in [0.1, 0.15) is 39.8 Å². The Kier molecular flexibility index (Phi) is 5.50. The Hall–Kier alpha value is -3.21. The predicted molar refractivity (Wildman–Crippen MR) is 110 cm³/mol. The first kappa shape index (κ1) is 18.6. The lowest BCUT2D eigenvalue weighted by atomic mass is 10.1. The van der Waals surface area contributed by atoms with E-state index in [1.807, 2.05) is 63.2 Å². The van der Waals surface area contributed by atoms with Gasteiger partial charge >= 0.3 is 0 Å². The summed E-state index contributed by atoms with van der Waals surface area (Å²) in [6.45, 7) is 7.93. The summed E-state index contributed by atoms with van der Waals surface area (Å²) in [5.74, 6) is 0.173. The number of hydrogen-bond acceptors (Lipinski definition) is 4. The number of carbonyl (C=O) groups is 1. The van der Waals surface area contributed by atoms with Crippen molar-refractivity contribution in [3.8, 4) is 0 Å². The SMILES string of the molecule is CCc1cccc(C)c1NC(=O)c1cc(C)nc(Nc2ccccc2C)n1. The van der Waals surface area contributed by atoms with E-state index in [0.29, 0.717) is 11.6 Å². The molecule has 0 atom stereocenters. The summed E-state index contributed by atoms with van der Waals surface area (Å²) in [6, 6.07) is 15.6. The summed E-state index contributed by atoms with van der Waals surface area (Å²) >= 11 is 0. The number of para-hydroxylation sites is 2. The summed E-state index contributed by atoms with van der Waals surface area (Å²) in [6.07, 6.45) is 0.847. The van der Waals surface area contributed by atoms with Crippen LogP contribution in [0, 0.1) is 20.8 Å². The van der Waals surface area contributed by atoms with Crippen LogP contribution in [-0.2, 0) is 6.42 Å². The molecule has 0 saturated carbocycles. The molecule has 3 rings (SSSR count). The monoisotopic (exact) mass is 360 g/mol. The molecule has 2 aromatic carbocycles. The number of rotatable bonds is 5. The molecule has 0 spiro atoms. The highest BCUT2D eigenvalue weighted by molar-refractivity contribution is 6.04. The van der Waals surface area contributed by atoms with Crippen molar-refractivity contribution in [2.45, 2.75) is 34.1 Å². The van der Waals surface area contributed by atoms with Gasteiger partial charge in [0.05, 0.1) is 0 Å². The lowest BCUT2D eigenvalue weighted by molar-refractivity contribution is 0.102. The van der Waals surface area contributed by atoms with Crippen LogP contribution in [0.25, 0.3) is 0 Å². The number of carbonyl (C=O) groups excluding carboxylic acids is 1. The summed E-state index contributed by atoms with van der Waals surface area (Å²) in [5.41, 5.74) is 6.06. The molecular formula is C22H24N4O. The number of amides is 1. The van der Waals surface area contributed by atoms with Crippen LogP contribution in [0.5, 0.6) is 0 Å². The number of aryl methyl sites for hydroxylation is 4. The van der Waals surface area contributed by atoms with Crippen molar-refractivity contribution >= 4 is 23.2 Å². The lowest BCUT2D eigenvalue weighted by Crippen LogP contribution is -2.17. The molecule has 0 radical (unpaired) electrons. The summed E-state index contributed by atoms with van der Waals surface area (Å²) < 4.78 is 0. The van der Waals surface area contributed by atoms with Gasteiger partial charge < -0.3 is 10.6 Å². The Bertz CT molecular complexity index is 982. The van der Waals surface area contributed by atoms with Crippen LogP contribution in [0.3, 0.4) is 0 Å². The highest BCUT2D eigenvalue weighted by Crippen LogP contribution is 2.22. The average Bonchev–Trinajstić information content (AvgIpc) is 2.64. The Labute approximate surface area is 159 Å². The van der Waals surface area contributed by atoms with Crippen LogP contribution < -0.4 is 10.6 Å². The van der Waals surface area contributed by atoms with E-state index >= 15 is 0 Å². The molecule has 1 aromatic heterocycles. The third-order valence-corrected chi connectivity index (χ3v) is 4.46.